The lowest BCUT2D eigenvalue weighted by molar-refractivity contribution is -0.141. The number of piperazine rings is 1. The number of carbonyl (C=O) groups excluding carboxylic acids is 2. The van der Waals surface area contributed by atoms with Crippen LogP contribution in [0.15, 0.2) is 35.7 Å². The Morgan fingerprint density at radius 3 is 2.77 bits per heavy atom. The van der Waals surface area contributed by atoms with Gasteiger partial charge in [0.2, 0.25) is 11.8 Å². The third-order valence-electron chi connectivity index (χ3n) is 6.23. The lowest BCUT2D eigenvalue weighted by Gasteiger charge is -2.40. The van der Waals surface area contributed by atoms with Crippen LogP contribution in [0.2, 0.25) is 0 Å². The Labute approximate surface area is 181 Å². The van der Waals surface area contributed by atoms with Crippen LogP contribution < -0.4 is 0 Å². The highest BCUT2D eigenvalue weighted by Crippen LogP contribution is 2.38. The van der Waals surface area contributed by atoms with E-state index >= 15 is 0 Å². The fraction of sp³-hybridized carbons (Fsp3) is 0.478. The van der Waals surface area contributed by atoms with Crippen molar-refractivity contribution in [2.75, 3.05) is 32.7 Å². The second-order valence-corrected chi connectivity index (χ2v) is 9.19. The molecule has 2 amide bonds. The molecule has 0 spiro atoms. The molecule has 4 rings (SSSR count). The van der Waals surface area contributed by atoms with Crippen molar-refractivity contribution in [1.82, 2.24) is 14.7 Å². The average molecular weight is 430 g/mol. The summed E-state index contributed by atoms with van der Waals surface area (Å²) in [5.74, 6) is -0.0465. The van der Waals surface area contributed by atoms with E-state index in [9.17, 15) is 14.0 Å². The predicted molar refractivity (Wildman–Crippen MR) is 116 cm³/mol. The molecule has 1 saturated heterocycles. The van der Waals surface area contributed by atoms with E-state index in [-0.39, 0.29) is 29.7 Å². The van der Waals surface area contributed by atoms with Gasteiger partial charge in [0.1, 0.15) is 5.82 Å². The van der Waals surface area contributed by atoms with Gasteiger partial charge >= 0.3 is 0 Å². The number of amides is 2. The van der Waals surface area contributed by atoms with Crippen molar-refractivity contribution in [1.29, 1.82) is 0 Å². The summed E-state index contributed by atoms with van der Waals surface area (Å²) in [6, 6.07) is 8.96. The molecule has 2 aliphatic rings. The van der Waals surface area contributed by atoms with Crippen LogP contribution in [0, 0.1) is 5.82 Å². The van der Waals surface area contributed by atoms with Crippen LogP contribution in [0.5, 0.6) is 0 Å². The number of hydrogen-bond acceptors (Lipinski definition) is 4. The lowest BCUT2D eigenvalue weighted by Crippen LogP contribution is -2.55. The first-order valence-electron chi connectivity index (χ1n) is 10.5. The van der Waals surface area contributed by atoms with Crippen molar-refractivity contribution in [2.24, 2.45) is 0 Å². The molecule has 5 nitrogen and oxygen atoms in total. The molecule has 2 aromatic rings. The number of hydrogen-bond donors (Lipinski definition) is 0. The fourth-order valence-electron chi connectivity index (χ4n) is 4.73. The van der Waals surface area contributed by atoms with Gasteiger partial charge in [-0.3, -0.25) is 14.5 Å². The standard InChI is InChI=1S/C23H28FN3O2S/c1-16-15-26(11-12-27(16)17(2)28)22(29)7-10-25-9-6-21-20(8-13-30-21)23(25)18-4-3-5-19(24)14-18/h3-5,8,13-14,16,23H,6-7,9-12,15H2,1-2H3. The molecule has 30 heavy (non-hydrogen) atoms. The van der Waals surface area contributed by atoms with Gasteiger partial charge in [0.15, 0.2) is 0 Å². The molecule has 1 aromatic carbocycles. The van der Waals surface area contributed by atoms with Gasteiger partial charge in [-0.1, -0.05) is 12.1 Å². The zero-order valence-electron chi connectivity index (χ0n) is 17.5. The summed E-state index contributed by atoms with van der Waals surface area (Å²) in [6.07, 6.45) is 1.39. The minimum absolute atomic E-state index is 0.0167. The summed E-state index contributed by atoms with van der Waals surface area (Å²) in [5, 5.41) is 2.10. The van der Waals surface area contributed by atoms with Crippen LogP contribution in [-0.4, -0.2) is 65.3 Å². The quantitative estimate of drug-likeness (QED) is 0.749. The Kier molecular flexibility index (Phi) is 6.20. The van der Waals surface area contributed by atoms with Crippen LogP contribution in [0.25, 0.3) is 0 Å². The van der Waals surface area contributed by atoms with Gasteiger partial charge in [0, 0.05) is 57.0 Å². The summed E-state index contributed by atoms with van der Waals surface area (Å²) in [7, 11) is 0. The first kappa shape index (κ1) is 21.0. The van der Waals surface area contributed by atoms with Crippen LogP contribution in [0.4, 0.5) is 4.39 Å². The van der Waals surface area contributed by atoms with E-state index in [1.54, 1.807) is 30.4 Å². The van der Waals surface area contributed by atoms with Crippen LogP contribution in [-0.2, 0) is 16.0 Å². The van der Waals surface area contributed by atoms with E-state index in [0.29, 0.717) is 32.6 Å². The van der Waals surface area contributed by atoms with Crippen molar-refractivity contribution >= 4 is 23.2 Å². The highest BCUT2D eigenvalue weighted by molar-refractivity contribution is 7.10. The zero-order valence-corrected chi connectivity index (χ0v) is 18.3. The third kappa shape index (κ3) is 4.27. The summed E-state index contributed by atoms with van der Waals surface area (Å²) in [5.41, 5.74) is 2.17. The van der Waals surface area contributed by atoms with Gasteiger partial charge < -0.3 is 9.80 Å². The molecule has 0 bridgehead atoms. The minimum atomic E-state index is -0.233. The normalized spacial score (nSPS) is 22.1. The van der Waals surface area contributed by atoms with Crippen molar-refractivity contribution in [3.05, 3.63) is 57.5 Å². The zero-order chi connectivity index (χ0) is 21.3. The van der Waals surface area contributed by atoms with Crippen molar-refractivity contribution in [3.63, 3.8) is 0 Å². The smallest absolute Gasteiger partial charge is 0.223 e. The Morgan fingerprint density at radius 1 is 1.20 bits per heavy atom. The molecule has 0 N–H and O–H groups in total. The molecular weight excluding hydrogens is 401 g/mol. The highest BCUT2D eigenvalue weighted by Gasteiger charge is 2.32. The highest BCUT2D eigenvalue weighted by atomic mass is 32.1. The summed E-state index contributed by atoms with van der Waals surface area (Å²) in [4.78, 5) is 31.9. The average Bonchev–Trinajstić information content (AvgIpc) is 3.20. The van der Waals surface area contributed by atoms with Crippen molar-refractivity contribution < 1.29 is 14.0 Å². The molecule has 7 heteroatoms. The van der Waals surface area contributed by atoms with Gasteiger partial charge in [0.25, 0.3) is 0 Å². The number of nitrogens with zero attached hydrogens (tertiary/aromatic N) is 3. The second-order valence-electron chi connectivity index (χ2n) is 8.19. The molecular formula is C23H28FN3O2S. The van der Waals surface area contributed by atoms with Gasteiger partial charge in [0.05, 0.1) is 6.04 Å². The maximum Gasteiger partial charge on any atom is 0.223 e. The minimum Gasteiger partial charge on any atom is -0.339 e. The van der Waals surface area contributed by atoms with Gasteiger partial charge in [-0.2, -0.15) is 0 Å². The topological polar surface area (TPSA) is 43.9 Å². The van der Waals surface area contributed by atoms with E-state index in [1.807, 2.05) is 22.8 Å². The summed E-state index contributed by atoms with van der Waals surface area (Å²) in [6.45, 7) is 6.83. The number of benzene rings is 1. The number of carbonyl (C=O) groups is 2. The third-order valence-corrected chi connectivity index (χ3v) is 7.22. The fourth-order valence-corrected chi connectivity index (χ4v) is 5.63. The van der Waals surface area contributed by atoms with Gasteiger partial charge in [-0.25, -0.2) is 4.39 Å². The van der Waals surface area contributed by atoms with E-state index < -0.39 is 0 Å². The Morgan fingerprint density at radius 2 is 2.03 bits per heavy atom. The van der Waals surface area contributed by atoms with E-state index in [0.717, 1.165) is 18.5 Å². The molecule has 0 radical (unpaired) electrons. The van der Waals surface area contributed by atoms with Crippen molar-refractivity contribution in [3.8, 4) is 0 Å². The van der Waals surface area contributed by atoms with Crippen LogP contribution >= 0.6 is 11.3 Å². The predicted octanol–water partition coefficient (Wildman–Crippen LogP) is 3.30. The monoisotopic (exact) mass is 429 g/mol. The number of fused-ring (bicyclic) bond motifs is 1. The molecule has 0 saturated carbocycles. The van der Waals surface area contributed by atoms with Gasteiger partial charge in [-0.15, -0.1) is 11.3 Å². The molecule has 2 aliphatic heterocycles. The number of rotatable bonds is 4. The van der Waals surface area contributed by atoms with Gasteiger partial charge in [-0.05, 0) is 48.1 Å². The summed E-state index contributed by atoms with van der Waals surface area (Å²) >= 11 is 1.75. The summed E-state index contributed by atoms with van der Waals surface area (Å²) < 4.78 is 13.9. The van der Waals surface area contributed by atoms with Crippen molar-refractivity contribution in [2.45, 2.75) is 38.8 Å². The van der Waals surface area contributed by atoms with E-state index in [2.05, 4.69) is 16.3 Å². The first-order chi connectivity index (χ1) is 14.4. The largest absolute Gasteiger partial charge is 0.339 e. The maximum absolute atomic E-state index is 13.9. The second kappa shape index (κ2) is 8.86. The SMILES string of the molecule is CC(=O)N1CCN(C(=O)CCN2CCc3sccc3C2c2cccc(F)c2)CC1C. The van der Waals surface area contributed by atoms with E-state index in [4.69, 9.17) is 0 Å². The molecule has 160 valence electrons. The Hall–Kier alpha value is -2.25. The lowest BCUT2D eigenvalue weighted by atomic mass is 9.93. The molecule has 1 fully saturated rings. The molecule has 2 atom stereocenters. The Bertz CT molecular complexity index is 931. The first-order valence-corrected chi connectivity index (χ1v) is 11.4. The maximum atomic E-state index is 13.9. The molecule has 0 aliphatic carbocycles. The molecule has 3 heterocycles. The van der Waals surface area contributed by atoms with Crippen LogP contribution in [0.1, 0.15) is 42.3 Å². The van der Waals surface area contributed by atoms with E-state index in [1.165, 1.54) is 16.5 Å². The Balaban J connectivity index is 1.45. The number of halogens is 1. The van der Waals surface area contributed by atoms with Crippen LogP contribution in [0.3, 0.4) is 0 Å². The molecule has 2 unspecified atom stereocenters. The number of thiophene rings is 1. The molecule has 1 aromatic heterocycles.